The van der Waals surface area contributed by atoms with E-state index in [1.54, 1.807) is 14.2 Å². The molecule has 3 heteroatoms. The smallest absolute Gasteiger partial charge is 0.122 e. The Bertz CT molecular complexity index is 1100. The molecule has 0 aliphatic heterocycles. The molecule has 0 saturated heterocycles. The summed E-state index contributed by atoms with van der Waals surface area (Å²) in [6, 6.07) is 28.5. The standard InChI is InChI=1S/C26H24O3/c1-18(29-22-7-5-4-6-8-22)26-24(19-9-12-21(27-2)13-10-19)15-11-20-17-23(28-3)14-16-25(20)26/h4-18H,1-3H3. The third kappa shape index (κ3) is 3.90. The van der Waals surface area contributed by atoms with Crippen molar-refractivity contribution in [2.75, 3.05) is 14.2 Å². The minimum atomic E-state index is -0.133. The number of rotatable bonds is 6. The molecule has 0 bridgehead atoms. The average Bonchev–Trinajstić information content (AvgIpc) is 2.78. The van der Waals surface area contributed by atoms with Gasteiger partial charge in [0.15, 0.2) is 0 Å². The molecule has 0 fully saturated rings. The molecule has 0 aliphatic carbocycles. The topological polar surface area (TPSA) is 27.7 Å². The van der Waals surface area contributed by atoms with Crippen LogP contribution < -0.4 is 14.2 Å². The molecule has 3 nitrogen and oxygen atoms in total. The lowest BCUT2D eigenvalue weighted by molar-refractivity contribution is 0.229. The van der Waals surface area contributed by atoms with E-state index in [9.17, 15) is 0 Å². The van der Waals surface area contributed by atoms with Crippen molar-refractivity contribution >= 4 is 10.8 Å². The van der Waals surface area contributed by atoms with Gasteiger partial charge in [0.05, 0.1) is 14.2 Å². The normalized spacial score (nSPS) is 11.8. The van der Waals surface area contributed by atoms with Crippen molar-refractivity contribution in [1.82, 2.24) is 0 Å². The molecule has 0 saturated carbocycles. The fourth-order valence-corrected chi connectivity index (χ4v) is 3.68. The molecular weight excluding hydrogens is 360 g/mol. The Morgan fingerprint density at radius 2 is 1.34 bits per heavy atom. The third-order valence-electron chi connectivity index (χ3n) is 5.13. The van der Waals surface area contributed by atoms with Gasteiger partial charge in [-0.3, -0.25) is 0 Å². The molecule has 0 radical (unpaired) electrons. The second-order valence-corrected chi connectivity index (χ2v) is 6.92. The lowest BCUT2D eigenvalue weighted by Gasteiger charge is -2.21. The summed E-state index contributed by atoms with van der Waals surface area (Å²) >= 11 is 0. The van der Waals surface area contributed by atoms with Crippen LogP contribution in [0.1, 0.15) is 18.6 Å². The summed E-state index contributed by atoms with van der Waals surface area (Å²) in [4.78, 5) is 0. The van der Waals surface area contributed by atoms with Crippen LogP contribution in [0.5, 0.6) is 17.2 Å². The zero-order valence-electron chi connectivity index (χ0n) is 16.9. The summed E-state index contributed by atoms with van der Waals surface area (Å²) in [5, 5.41) is 2.28. The molecule has 29 heavy (non-hydrogen) atoms. The van der Waals surface area contributed by atoms with E-state index in [1.807, 2.05) is 48.5 Å². The Labute approximate surface area is 171 Å². The first kappa shape index (κ1) is 18.9. The number of benzene rings is 4. The fourth-order valence-electron chi connectivity index (χ4n) is 3.68. The minimum Gasteiger partial charge on any atom is -0.497 e. The van der Waals surface area contributed by atoms with Crippen LogP contribution >= 0.6 is 0 Å². The minimum absolute atomic E-state index is 0.133. The van der Waals surface area contributed by atoms with Gasteiger partial charge >= 0.3 is 0 Å². The van der Waals surface area contributed by atoms with E-state index in [-0.39, 0.29) is 6.10 Å². The SMILES string of the molecule is COc1ccc(-c2ccc3cc(OC)ccc3c2C(C)Oc2ccccc2)cc1. The molecule has 0 N–H and O–H groups in total. The van der Waals surface area contributed by atoms with E-state index in [0.717, 1.165) is 44.7 Å². The van der Waals surface area contributed by atoms with Crippen LogP contribution in [0.25, 0.3) is 21.9 Å². The van der Waals surface area contributed by atoms with Gasteiger partial charge in [-0.25, -0.2) is 0 Å². The van der Waals surface area contributed by atoms with Crippen LogP contribution in [0.3, 0.4) is 0 Å². The maximum atomic E-state index is 6.32. The number of methoxy groups -OCH3 is 2. The first-order chi connectivity index (χ1) is 14.2. The predicted octanol–water partition coefficient (Wildman–Crippen LogP) is 6.66. The van der Waals surface area contributed by atoms with Crippen molar-refractivity contribution in [2.24, 2.45) is 0 Å². The fraction of sp³-hybridized carbons (Fsp3) is 0.154. The summed E-state index contributed by atoms with van der Waals surface area (Å²) in [5.41, 5.74) is 3.43. The summed E-state index contributed by atoms with van der Waals surface area (Å²) in [5.74, 6) is 2.54. The molecule has 4 rings (SSSR count). The molecule has 1 atom stereocenters. The largest absolute Gasteiger partial charge is 0.497 e. The number of hydrogen-bond donors (Lipinski definition) is 0. The summed E-state index contributed by atoms with van der Waals surface area (Å²) in [7, 11) is 3.37. The quantitative estimate of drug-likeness (QED) is 0.372. The van der Waals surface area contributed by atoms with Crippen LogP contribution in [0.15, 0.2) is 84.9 Å². The molecule has 1 unspecified atom stereocenters. The van der Waals surface area contributed by atoms with Crippen LogP contribution in [-0.4, -0.2) is 14.2 Å². The number of hydrogen-bond acceptors (Lipinski definition) is 3. The van der Waals surface area contributed by atoms with Crippen molar-refractivity contribution < 1.29 is 14.2 Å². The molecule has 4 aromatic carbocycles. The molecule has 0 aromatic heterocycles. The van der Waals surface area contributed by atoms with Crippen molar-refractivity contribution in [1.29, 1.82) is 0 Å². The maximum absolute atomic E-state index is 6.32. The average molecular weight is 384 g/mol. The van der Waals surface area contributed by atoms with Crippen LogP contribution in [0.2, 0.25) is 0 Å². The first-order valence-corrected chi connectivity index (χ1v) is 9.66. The van der Waals surface area contributed by atoms with Gasteiger partial charge in [-0.1, -0.05) is 48.5 Å². The predicted molar refractivity (Wildman–Crippen MR) is 118 cm³/mol. The van der Waals surface area contributed by atoms with Gasteiger partial charge in [0.25, 0.3) is 0 Å². The van der Waals surface area contributed by atoms with E-state index in [2.05, 4.69) is 43.3 Å². The number of para-hydroxylation sites is 1. The Morgan fingerprint density at radius 3 is 2.03 bits per heavy atom. The lowest BCUT2D eigenvalue weighted by Crippen LogP contribution is -2.06. The van der Waals surface area contributed by atoms with Gasteiger partial charge in [-0.2, -0.15) is 0 Å². The highest BCUT2D eigenvalue weighted by Gasteiger charge is 2.18. The third-order valence-corrected chi connectivity index (χ3v) is 5.13. The van der Waals surface area contributed by atoms with Crippen LogP contribution in [0, 0.1) is 0 Å². The van der Waals surface area contributed by atoms with Gasteiger partial charge < -0.3 is 14.2 Å². The summed E-state index contributed by atoms with van der Waals surface area (Å²) < 4.78 is 17.0. The molecule has 0 aliphatic rings. The van der Waals surface area contributed by atoms with Gasteiger partial charge in [0, 0.05) is 5.56 Å². The van der Waals surface area contributed by atoms with Crippen molar-refractivity contribution in [3.8, 4) is 28.4 Å². The summed E-state index contributed by atoms with van der Waals surface area (Å²) in [6.07, 6.45) is -0.133. The Balaban J connectivity index is 1.86. The van der Waals surface area contributed by atoms with Gasteiger partial charge in [0.2, 0.25) is 0 Å². The van der Waals surface area contributed by atoms with Crippen molar-refractivity contribution in [3.05, 3.63) is 90.5 Å². The molecule has 0 spiro atoms. The number of ether oxygens (including phenoxy) is 3. The van der Waals surface area contributed by atoms with Crippen LogP contribution in [0.4, 0.5) is 0 Å². The highest BCUT2D eigenvalue weighted by atomic mass is 16.5. The van der Waals surface area contributed by atoms with E-state index in [0.29, 0.717) is 0 Å². The van der Waals surface area contributed by atoms with Gasteiger partial charge in [0.1, 0.15) is 23.4 Å². The van der Waals surface area contributed by atoms with E-state index in [1.165, 1.54) is 0 Å². The first-order valence-electron chi connectivity index (χ1n) is 9.66. The highest BCUT2D eigenvalue weighted by molar-refractivity contribution is 5.93. The van der Waals surface area contributed by atoms with E-state index in [4.69, 9.17) is 14.2 Å². The Hall–Kier alpha value is -3.46. The molecule has 4 aromatic rings. The van der Waals surface area contributed by atoms with Gasteiger partial charge in [-0.05, 0) is 65.2 Å². The van der Waals surface area contributed by atoms with Crippen molar-refractivity contribution in [3.63, 3.8) is 0 Å². The monoisotopic (exact) mass is 384 g/mol. The van der Waals surface area contributed by atoms with E-state index < -0.39 is 0 Å². The zero-order valence-corrected chi connectivity index (χ0v) is 16.9. The molecular formula is C26H24O3. The Morgan fingerprint density at radius 1 is 0.655 bits per heavy atom. The maximum Gasteiger partial charge on any atom is 0.122 e. The number of fused-ring (bicyclic) bond motifs is 1. The highest BCUT2D eigenvalue weighted by Crippen LogP contribution is 2.38. The summed E-state index contributed by atoms with van der Waals surface area (Å²) in [6.45, 7) is 2.10. The van der Waals surface area contributed by atoms with Crippen molar-refractivity contribution in [2.45, 2.75) is 13.0 Å². The second kappa shape index (κ2) is 8.27. The van der Waals surface area contributed by atoms with Crippen LogP contribution in [-0.2, 0) is 0 Å². The second-order valence-electron chi connectivity index (χ2n) is 6.92. The molecule has 0 heterocycles. The molecule has 146 valence electrons. The molecule has 0 amide bonds. The Kier molecular flexibility index (Phi) is 5.39. The lowest BCUT2D eigenvalue weighted by atomic mass is 9.91. The van der Waals surface area contributed by atoms with Gasteiger partial charge in [-0.15, -0.1) is 0 Å². The zero-order chi connectivity index (χ0) is 20.2. The van der Waals surface area contributed by atoms with E-state index >= 15 is 0 Å².